The van der Waals surface area contributed by atoms with Crippen LogP contribution in [0, 0.1) is 0 Å². The van der Waals surface area contributed by atoms with Crippen molar-refractivity contribution in [2.24, 2.45) is 0 Å². The topological polar surface area (TPSA) is 87.6 Å². The fourth-order valence-corrected chi connectivity index (χ4v) is 2.78. The van der Waals surface area contributed by atoms with Crippen molar-refractivity contribution in [1.82, 2.24) is 9.29 Å². The zero-order valence-corrected chi connectivity index (χ0v) is 11.1. The molecule has 7 heteroatoms. The van der Waals surface area contributed by atoms with Crippen molar-refractivity contribution in [3.05, 3.63) is 30.1 Å². The summed E-state index contributed by atoms with van der Waals surface area (Å²) in [6, 6.07) is 5.18. The highest BCUT2D eigenvalue weighted by Gasteiger charge is 2.33. The first kappa shape index (κ1) is 14.6. The van der Waals surface area contributed by atoms with E-state index in [0.29, 0.717) is 5.69 Å². The molecule has 100 valence electrons. The van der Waals surface area contributed by atoms with Gasteiger partial charge in [-0.25, -0.2) is 8.42 Å². The average molecular weight is 272 g/mol. The van der Waals surface area contributed by atoms with E-state index in [1.165, 1.54) is 6.92 Å². The van der Waals surface area contributed by atoms with Gasteiger partial charge >= 0.3 is 5.97 Å². The number of rotatable bonds is 6. The first-order valence-corrected chi connectivity index (χ1v) is 7.01. The molecule has 0 amide bonds. The van der Waals surface area contributed by atoms with Gasteiger partial charge in [-0.15, -0.1) is 0 Å². The zero-order valence-electron chi connectivity index (χ0n) is 10.3. The molecule has 1 N–H and O–H groups in total. The Hall–Kier alpha value is -1.47. The van der Waals surface area contributed by atoms with Crippen LogP contribution in [-0.4, -0.2) is 40.6 Å². The lowest BCUT2D eigenvalue weighted by molar-refractivity contribution is -0.136. The second-order valence-electron chi connectivity index (χ2n) is 3.77. The highest BCUT2D eigenvalue weighted by atomic mass is 32.2. The largest absolute Gasteiger partial charge is 0.480 e. The quantitative estimate of drug-likeness (QED) is 0.824. The van der Waals surface area contributed by atoms with Crippen molar-refractivity contribution in [2.75, 3.05) is 6.54 Å². The molecule has 0 aromatic carbocycles. The molecule has 1 atom stereocenters. The summed E-state index contributed by atoms with van der Waals surface area (Å²) < 4.78 is 25.2. The van der Waals surface area contributed by atoms with Crippen LogP contribution in [0.25, 0.3) is 0 Å². The van der Waals surface area contributed by atoms with Gasteiger partial charge in [0.25, 0.3) is 0 Å². The highest BCUT2D eigenvalue weighted by Crippen LogP contribution is 2.12. The minimum Gasteiger partial charge on any atom is -0.480 e. The molecule has 6 nitrogen and oxygen atoms in total. The Morgan fingerprint density at radius 1 is 1.50 bits per heavy atom. The van der Waals surface area contributed by atoms with Crippen LogP contribution in [-0.2, 0) is 21.4 Å². The van der Waals surface area contributed by atoms with E-state index in [2.05, 4.69) is 4.98 Å². The highest BCUT2D eigenvalue weighted by molar-refractivity contribution is 7.90. The molecule has 1 aromatic rings. The van der Waals surface area contributed by atoms with Crippen LogP contribution < -0.4 is 0 Å². The van der Waals surface area contributed by atoms with Crippen molar-refractivity contribution in [1.29, 1.82) is 0 Å². The van der Waals surface area contributed by atoms with Crippen LogP contribution in [0.3, 0.4) is 0 Å². The molecule has 1 unspecified atom stereocenters. The Labute approximate surface area is 106 Å². The van der Waals surface area contributed by atoms with Crippen LogP contribution in [0.4, 0.5) is 0 Å². The standard InChI is InChI=1S/C11H16N2O4S/c1-3-13(8-10-6-4-5-7-12-10)18(16,17)9(2)11(14)15/h4-7,9H,3,8H2,1-2H3,(H,14,15). The first-order chi connectivity index (χ1) is 8.39. The number of aromatic nitrogens is 1. The van der Waals surface area contributed by atoms with Gasteiger partial charge in [0.1, 0.15) is 0 Å². The maximum atomic E-state index is 12.0. The molecule has 0 aliphatic rings. The van der Waals surface area contributed by atoms with Crippen LogP contribution in [0.5, 0.6) is 0 Å². The second kappa shape index (κ2) is 5.92. The van der Waals surface area contributed by atoms with Gasteiger partial charge in [-0.1, -0.05) is 13.0 Å². The lowest BCUT2D eigenvalue weighted by Crippen LogP contribution is -2.40. The molecule has 0 saturated heterocycles. The molecule has 0 bridgehead atoms. The normalized spacial score (nSPS) is 13.5. The Bertz CT molecular complexity index is 501. The maximum absolute atomic E-state index is 12.0. The number of aliphatic carboxylic acids is 1. The summed E-state index contributed by atoms with van der Waals surface area (Å²) in [6.45, 7) is 3.11. The first-order valence-electron chi connectivity index (χ1n) is 5.51. The lowest BCUT2D eigenvalue weighted by atomic mass is 10.3. The lowest BCUT2D eigenvalue weighted by Gasteiger charge is -2.22. The Balaban J connectivity index is 2.94. The van der Waals surface area contributed by atoms with E-state index in [-0.39, 0.29) is 13.1 Å². The fourth-order valence-electron chi connectivity index (χ4n) is 1.41. The number of hydrogen-bond acceptors (Lipinski definition) is 4. The molecule has 0 aliphatic heterocycles. The minimum absolute atomic E-state index is 0.0806. The smallest absolute Gasteiger partial charge is 0.323 e. The number of hydrogen-bond donors (Lipinski definition) is 1. The van der Waals surface area contributed by atoms with Crippen molar-refractivity contribution in [2.45, 2.75) is 25.6 Å². The number of carbonyl (C=O) groups is 1. The monoisotopic (exact) mass is 272 g/mol. The number of pyridine rings is 1. The maximum Gasteiger partial charge on any atom is 0.323 e. The van der Waals surface area contributed by atoms with Crippen LogP contribution in [0.1, 0.15) is 19.5 Å². The Morgan fingerprint density at radius 3 is 2.61 bits per heavy atom. The third-order valence-corrected chi connectivity index (χ3v) is 4.77. The summed E-state index contributed by atoms with van der Waals surface area (Å²) in [7, 11) is -3.85. The van der Waals surface area contributed by atoms with Gasteiger partial charge in [-0.2, -0.15) is 4.31 Å². The van der Waals surface area contributed by atoms with Crippen molar-refractivity contribution < 1.29 is 18.3 Å². The number of sulfonamides is 1. The predicted octanol–water partition coefficient (Wildman–Crippen LogP) is 0.706. The molecular weight excluding hydrogens is 256 g/mol. The van der Waals surface area contributed by atoms with E-state index in [9.17, 15) is 13.2 Å². The summed E-state index contributed by atoms with van der Waals surface area (Å²) in [4.78, 5) is 14.8. The van der Waals surface area contributed by atoms with Gasteiger partial charge < -0.3 is 5.11 Å². The number of nitrogens with zero attached hydrogens (tertiary/aromatic N) is 2. The van der Waals surface area contributed by atoms with Crippen molar-refractivity contribution in [3.8, 4) is 0 Å². The van der Waals surface area contributed by atoms with Gasteiger partial charge in [-0.05, 0) is 19.1 Å². The van der Waals surface area contributed by atoms with E-state index in [0.717, 1.165) is 4.31 Å². The molecule has 0 aliphatic carbocycles. The Morgan fingerprint density at radius 2 is 2.17 bits per heavy atom. The predicted molar refractivity (Wildman–Crippen MR) is 66.3 cm³/mol. The van der Waals surface area contributed by atoms with Gasteiger partial charge in [0.2, 0.25) is 10.0 Å². The van der Waals surface area contributed by atoms with E-state index >= 15 is 0 Å². The van der Waals surface area contributed by atoms with E-state index < -0.39 is 21.2 Å². The number of carboxylic acid groups (broad SMARTS) is 1. The fraction of sp³-hybridized carbons (Fsp3) is 0.455. The molecular formula is C11H16N2O4S. The van der Waals surface area contributed by atoms with Crippen LogP contribution in [0.2, 0.25) is 0 Å². The summed E-state index contributed by atoms with van der Waals surface area (Å²) in [5.74, 6) is -1.35. The van der Waals surface area contributed by atoms with E-state index in [1.54, 1.807) is 31.3 Å². The van der Waals surface area contributed by atoms with Gasteiger partial charge in [0, 0.05) is 12.7 Å². The molecule has 0 spiro atoms. The van der Waals surface area contributed by atoms with Crippen molar-refractivity contribution >= 4 is 16.0 Å². The average Bonchev–Trinajstić information content (AvgIpc) is 2.35. The minimum atomic E-state index is -3.85. The molecule has 18 heavy (non-hydrogen) atoms. The summed E-state index contributed by atoms with van der Waals surface area (Å²) in [5, 5.41) is 7.35. The van der Waals surface area contributed by atoms with Gasteiger partial charge in [0.15, 0.2) is 5.25 Å². The van der Waals surface area contributed by atoms with Gasteiger partial charge in [0.05, 0.1) is 12.2 Å². The van der Waals surface area contributed by atoms with E-state index in [1.807, 2.05) is 0 Å². The van der Waals surface area contributed by atoms with Crippen molar-refractivity contribution in [3.63, 3.8) is 0 Å². The SMILES string of the molecule is CCN(Cc1ccccn1)S(=O)(=O)C(C)C(=O)O. The molecule has 0 radical (unpaired) electrons. The summed E-state index contributed by atoms with van der Waals surface area (Å²) in [5.41, 5.74) is 0.584. The summed E-state index contributed by atoms with van der Waals surface area (Å²) >= 11 is 0. The molecule has 1 heterocycles. The Kier molecular flexibility index (Phi) is 4.80. The molecule has 0 saturated carbocycles. The second-order valence-corrected chi connectivity index (χ2v) is 6.03. The molecule has 0 fully saturated rings. The van der Waals surface area contributed by atoms with E-state index in [4.69, 9.17) is 5.11 Å². The third kappa shape index (κ3) is 3.27. The van der Waals surface area contributed by atoms with Crippen LogP contribution in [0.15, 0.2) is 24.4 Å². The molecule has 1 aromatic heterocycles. The molecule has 1 rings (SSSR count). The zero-order chi connectivity index (χ0) is 13.8. The third-order valence-electron chi connectivity index (χ3n) is 2.57. The van der Waals surface area contributed by atoms with Gasteiger partial charge in [-0.3, -0.25) is 9.78 Å². The number of carboxylic acids is 1. The summed E-state index contributed by atoms with van der Waals surface area (Å²) in [6.07, 6.45) is 1.57. The van der Waals surface area contributed by atoms with Crippen LogP contribution >= 0.6 is 0 Å².